The maximum atomic E-state index is 5.25. The molecule has 3 rings (SSSR count). The summed E-state index contributed by atoms with van der Waals surface area (Å²) in [5, 5.41) is 5.98. The Balaban J connectivity index is 2.09. The number of furan rings is 1. The van der Waals surface area contributed by atoms with Crippen molar-refractivity contribution in [1.29, 1.82) is 0 Å². The van der Waals surface area contributed by atoms with Crippen LogP contribution in [0.2, 0.25) is 0 Å². The molecule has 0 radical (unpaired) electrons. The van der Waals surface area contributed by atoms with Crippen molar-refractivity contribution in [3.8, 4) is 0 Å². The second-order valence-corrected chi connectivity index (χ2v) is 4.89. The van der Waals surface area contributed by atoms with E-state index in [1.165, 1.54) is 10.9 Å². The zero-order valence-corrected chi connectivity index (χ0v) is 11.5. The van der Waals surface area contributed by atoms with Gasteiger partial charge in [-0.2, -0.15) is 0 Å². The van der Waals surface area contributed by atoms with E-state index in [2.05, 4.69) is 35.4 Å². The van der Waals surface area contributed by atoms with Crippen LogP contribution < -0.4 is 5.32 Å². The molecule has 0 aliphatic heterocycles. The van der Waals surface area contributed by atoms with E-state index < -0.39 is 0 Å². The molecule has 0 aliphatic rings. The number of rotatable bonds is 5. The Morgan fingerprint density at radius 2 is 2.10 bits per heavy atom. The highest BCUT2D eigenvalue weighted by atomic mass is 16.3. The molecule has 0 saturated heterocycles. The van der Waals surface area contributed by atoms with Crippen LogP contribution in [0.4, 0.5) is 0 Å². The Labute approximate surface area is 118 Å². The fourth-order valence-corrected chi connectivity index (χ4v) is 2.51. The Morgan fingerprint density at radius 3 is 2.90 bits per heavy atom. The summed E-state index contributed by atoms with van der Waals surface area (Å²) in [6, 6.07) is 10.5. The first-order valence-electron chi connectivity index (χ1n) is 6.98. The molecule has 0 amide bonds. The predicted octanol–water partition coefficient (Wildman–Crippen LogP) is 3.92. The molecule has 0 aliphatic carbocycles. The van der Waals surface area contributed by atoms with Gasteiger partial charge in [0.2, 0.25) is 0 Å². The van der Waals surface area contributed by atoms with Crippen LogP contribution in [0.1, 0.15) is 30.5 Å². The summed E-state index contributed by atoms with van der Waals surface area (Å²) in [7, 11) is 0. The lowest BCUT2D eigenvalue weighted by atomic mass is 9.97. The second-order valence-electron chi connectivity index (χ2n) is 4.89. The van der Waals surface area contributed by atoms with E-state index in [-0.39, 0.29) is 6.04 Å². The third kappa shape index (κ3) is 2.45. The van der Waals surface area contributed by atoms with Crippen LogP contribution >= 0.6 is 0 Å². The van der Waals surface area contributed by atoms with Crippen molar-refractivity contribution in [2.45, 2.75) is 19.4 Å². The summed E-state index contributed by atoms with van der Waals surface area (Å²) < 4.78 is 5.25. The number of aromatic nitrogens is 1. The molecule has 3 aromatic rings. The number of nitrogens with one attached hydrogen (secondary N) is 1. The molecule has 0 saturated carbocycles. The predicted molar refractivity (Wildman–Crippen MR) is 80.6 cm³/mol. The number of benzene rings is 1. The van der Waals surface area contributed by atoms with Crippen molar-refractivity contribution in [2.24, 2.45) is 0 Å². The lowest BCUT2D eigenvalue weighted by molar-refractivity contribution is 0.549. The Bertz CT molecular complexity index is 671. The third-order valence-corrected chi connectivity index (χ3v) is 3.49. The van der Waals surface area contributed by atoms with Crippen molar-refractivity contribution in [3.63, 3.8) is 0 Å². The summed E-state index contributed by atoms with van der Waals surface area (Å²) in [4.78, 5) is 4.38. The molecular formula is C17H18N2O. The minimum absolute atomic E-state index is 0.118. The van der Waals surface area contributed by atoms with Gasteiger partial charge in [-0.1, -0.05) is 31.2 Å². The number of nitrogens with zero attached hydrogens (tertiary/aromatic N) is 1. The molecule has 0 fully saturated rings. The summed E-state index contributed by atoms with van der Waals surface area (Å²) in [5.74, 6) is 0. The quantitative estimate of drug-likeness (QED) is 0.760. The van der Waals surface area contributed by atoms with Gasteiger partial charge in [-0.05, 0) is 30.0 Å². The molecule has 0 bridgehead atoms. The second kappa shape index (κ2) is 5.88. The molecule has 20 heavy (non-hydrogen) atoms. The van der Waals surface area contributed by atoms with Gasteiger partial charge in [0.05, 0.1) is 18.6 Å². The van der Waals surface area contributed by atoms with Crippen molar-refractivity contribution in [1.82, 2.24) is 10.3 Å². The lowest BCUT2D eigenvalue weighted by Crippen LogP contribution is -2.23. The fourth-order valence-electron chi connectivity index (χ4n) is 2.51. The molecule has 3 heteroatoms. The Morgan fingerprint density at radius 1 is 1.20 bits per heavy atom. The molecule has 1 aromatic carbocycles. The highest BCUT2D eigenvalue weighted by Crippen LogP contribution is 2.28. The van der Waals surface area contributed by atoms with Crippen molar-refractivity contribution in [3.05, 3.63) is 66.4 Å². The zero-order valence-electron chi connectivity index (χ0n) is 11.5. The van der Waals surface area contributed by atoms with Gasteiger partial charge in [0, 0.05) is 23.3 Å². The van der Waals surface area contributed by atoms with E-state index in [1.807, 2.05) is 24.5 Å². The molecule has 1 atom stereocenters. The molecule has 102 valence electrons. The largest absolute Gasteiger partial charge is 0.472 e. The van der Waals surface area contributed by atoms with Crippen molar-refractivity contribution >= 4 is 10.8 Å². The first kappa shape index (κ1) is 12.9. The molecule has 3 nitrogen and oxygen atoms in total. The van der Waals surface area contributed by atoms with Crippen molar-refractivity contribution < 1.29 is 4.42 Å². The van der Waals surface area contributed by atoms with Gasteiger partial charge in [0.1, 0.15) is 0 Å². The van der Waals surface area contributed by atoms with Gasteiger partial charge >= 0.3 is 0 Å². The lowest BCUT2D eigenvalue weighted by Gasteiger charge is -2.19. The number of pyridine rings is 1. The average Bonchev–Trinajstić information content (AvgIpc) is 3.02. The van der Waals surface area contributed by atoms with Crippen molar-refractivity contribution in [2.75, 3.05) is 6.54 Å². The monoisotopic (exact) mass is 266 g/mol. The number of fused-ring (bicyclic) bond motifs is 1. The van der Waals surface area contributed by atoms with E-state index >= 15 is 0 Å². The summed E-state index contributed by atoms with van der Waals surface area (Å²) >= 11 is 0. The smallest absolute Gasteiger partial charge is 0.0953 e. The van der Waals surface area contributed by atoms with Crippen LogP contribution in [0.25, 0.3) is 10.8 Å². The normalized spacial score (nSPS) is 12.7. The van der Waals surface area contributed by atoms with Crippen LogP contribution in [0.5, 0.6) is 0 Å². The Hall–Kier alpha value is -2.13. The third-order valence-electron chi connectivity index (χ3n) is 3.49. The summed E-state index contributed by atoms with van der Waals surface area (Å²) in [6.07, 6.45) is 8.46. The summed E-state index contributed by atoms with van der Waals surface area (Å²) in [6.45, 7) is 3.12. The molecule has 1 N–H and O–H groups in total. The highest BCUT2D eigenvalue weighted by Gasteiger charge is 2.17. The summed E-state index contributed by atoms with van der Waals surface area (Å²) in [5.41, 5.74) is 2.33. The van der Waals surface area contributed by atoms with E-state index in [0.29, 0.717) is 0 Å². The number of hydrogen-bond donors (Lipinski definition) is 1. The average molecular weight is 266 g/mol. The zero-order chi connectivity index (χ0) is 13.8. The highest BCUT2D eigenvalue weighted by molar-refractivity contribution is 5.85. The van der Waals surface area contributed by atoms with Crippen LogP contribution in [0.15, 0.2) is 59.7 Å². The molecule has 2 heterocycles. The maximum absolute atomic E-state index is 5.25. The molecule has 1 unspecified atom stereocenters. The molecule has 2 aromatic heterocycles. The van der Waals surface area contributed by atoms with Gasteiger partial charge in [0.25, 0.3) is 0 Å². The van der Waals surface area contributed by atoms with Crippen LogP contribution in [-0.2, 0) is 0 Å². The van der Waals surface area contributed by atoms with Crippen LogP contribution in [0.3, 0.4) is 0 Å². The van der Waals surface area contributed by atoms with E-state index in [9.17, 15) is 0 Å². The SMILES string of the molecule is CCCNC(c1ccoc1)c1cncc2ccccc12. The van der Waals surface area contributed by atoms with Gasteiger partial charge in [-0.25, -0.2) is 0 Å². The van der Waals surface area contributed by atoms with E-state index in [1.54, 1.807) is 12.5 Å². The van der Waals surface area contributed by atoms with Gasteiger partial charge in [-0.15, -0.1) is 0 Å². The standard InChI is InChI=1S/C17H18N2O/c1-2-8-19-17(14-7-9-20-12-14)16-11-18-10-13-5-3-4-6-15(13)16/h3-7,9-12,17,19H,2,8H2,1H3. The van der Waals surface area contributed by atoms with Crippen LogP contribution in [-0.4, -0.2) is 11.5 Å². The van der Waals surface area contributed by atoms with Gasteiger partial charge < -0.3 is 9.73 Å². The maximum Gasteiger partial charge on any atom is 0.0953 e. The van der Waals surface area contributed by atoms with E-state index in [4.69, 9.17) is 4.42 Å². The molecule has 0 spiro atoms. The fraction of sp³-hybridized carbons (Fsp3) is 0.235. The minimum atomic E-state index is 0.118. The number of hydrogen-bond acceptors (Lipinski definition) is 3. The first-order chi connectivity index (χ1) is 9.90. The van der Waals surface area contributed by atoms with Gasteiger partial charge in [0.15, 0.2) is 0 Å². The Kier molecular flexibility index (Phi) is 3.79. The topological polar surface area (TPSA) is 38.1 Å². The first-order valence-corrected chi connectivity index (χ1v) is 6.98. The van der Waals surface area contributed by atoms with Crippen LogP contribution in [0, 0.1) is 0 Å². The van der Waals surface area contributed by atoms with E-state index in [0.717, 1.165) is 23.9 Å². The minimum Gasteiger partial charge on any atom is -0.472 e. The van der Waals surface area contributed by atoms with Gasteiger partial charge in [-0.3, -0.25) is 4.98 Å². The molecular weight excluding hydrogens is 248 g/mol.